The van der Waals surface area contributed by atoms with Crippen molar-refractivity contribution >= 4 is 40.3 Å². The van der Waals surface area contributed by atoms with Gasteiger partial charge in [0.15, 0.2) is 10.8 Å². The molecule has 1 aliphatic rings. The fourth-order valence-electron chi connectivity index (χ4n) is 3.05. The van der Waals surface area contributed by atoms with Gasteiger partial charge in [-0.2, -0.15) is 0 Å². The molecule has 3 rings (SSSR count). The van der Waals surface area contributed by atoms with Crippen LogP contribution >= 0.6 is 11.3 Å². The minimum atomic E-state index is -1.21. The van der Waals surface area contributed by atoms with Crippen molar-refractivity contribution in [3.63, 3.8) is 0 Å². The first kappa shape index (κ1) is 20.5. The van der Waals surface area contributed by atoms with Crippen molar-refractivity contribution in [2.75, 3.05) is 5.32 Å². The maximum Gasteiger partial charge on any atom is 0.355 e. The largest absolute Gasteiger partial charge is 0.476 e. The number of anilines is 1. The van der Waals surface area contributed by atoms with Crippen LogP contribution in [-0.4, -0.2) is 44.8 Å². The number of hydrogen-bond acceptors (Lipinski definition) is 6. The van der Waals surface area contributed by atoms with Gasteiger partial charge < -0.3 is 15.7 Å². The number of nitrogens with zero attached hydrogens (tertiary/aromatic N) is 2. The first-order chi connectivity index (χ1) is 13.8. The molecule has 10 heteroatoms. The summed E-state index contributed by atoms with van der Waals surface area (Å²) >= 11 is 0.956. The summed E-state index contributed by atoms with van der Waals surface area (Å²) in [5.74, 6) is -2.29. The van der Waals surface area contributed by atoms with Gasteiger partial charge in [0.05, 0.1) is 0 Å². The summed E-state index contributed by atoms with van der Waals surface area (Å²) in [6, 6.07) is 6.24. The number of rotatable bonds is 7. The number of amides is 4. The van der Waals surface area contributed by atoms with E-state index in [0.29, 0.717) is 5.56 Å². The number of aromatic carboxylic acids is 1. The molecular formula is C19H20N4O5S. The molecule has 2 heterocycles. The van der Waals surface area contributed by atoms with Crippen LogP contribution in [0.1, 0.15) is 42.4 Å². The molecule has 0 spiro atoms. The maximum absolute atomic E-state index is 13.0. The molecular weight excluding hydrogens is 396 g/mol. The average molecular weight is 416 g/mol. The molecule has 152 valence electrons. The van der Waals surface area contributed by atoms with E-state index in [1.807, 2.05) is 13.8 Å². The lowest BCUT2D eigenvalue weighted by Gasteiger charge is -2.25. The molecule has 0 aliphatic carbocycles. The number of benzene rings is 1. The highest BCUT2D eigenvalue weighted by molar-refractivity contribution is 7.14. The van der Waals surface area contributed by atoms with Crippen molar-refractivity contribution in [1.82, 2.24) is 15.2 Å². The van der Waals surface area contributed by atoms with Crippen LogP contribution in [0.2, 0.25) is 0 Å². The van der Waals surface area contributed by atoms with Crippen LogP contribution in [0.3, 0.4) is 0 Å². The quantitative estimate of drug-likeness (QED) is 0.595. The van der Waals surface area contributed by atoms with E-state index in [2.05, 4.69) is 15.6 Å². The Morgan fingerprint density at radius 3 is 2.55 bits per heavy atom. The number of carbonyl (C=O) groups excluding carboxylic acids is 3. The number of aromatic nitrogens is 1. The molecule has 4 amide bonds. The van der Waals surface area contributed by atoms with Crippen molar-refractivity contribution < 1.29 is 24.3 Å². The second kappa shape index (κ2) is 8.39. The number of thiazole rings is 1. The van der Waals surface area contributed by atoms with Gasteiger partial charge >= 0.3 is 12.0 Å². The molecule has 0 saturated carbocycles. The Balaban J connectivity index is 1.83. The number of carbonyl (C=O) groups is 4. The standard InChI is InChI=1S/C19H20N4O5S/c1-10(2)8-13(15(24)22-18-20-12(9-29-18)17(26)27)23-16(25)14(21-19(23)28)11-6-4-3-5-7-11/h3-7,9-10,13-14H,8H2,1-2H3,(H,21,28)(H,26,27)(H,20,22,24)/t13?,14-/m0/s1. The van der Waals surface area contributed by atoms with Crippen molar-refractivity contribution in [1.29, 1.82) is 0 Å². The third-order valence-corrected chi connectivity index (χ3v) is 5.12. The third-order valence-electron chi connectivity index (χ3n) is 4.37. The molecule has 2 atom stereocenters. The molecule has 9 nitrogen and oxygen atoms in total. The summed E-state index contributed by atoms with van der Waals surface area (Å²) in [7, 11) is 0. The normalized spacial score (nSPS) is 17.3. The van der Waals surface area contributed by atoms with Crippen molar-refractivity contribution in [2.45, 2.75) is 32.4 Å². The highest BCUT2D eigenvalue weighted by Gasteiger charge is 2.45. The number of hydrogen-bond donors (Lipinski definition) is 3. The smallest absolute Gasteiger partial charge is 0.355 e. The van der Waals surface area contributed by atoms with Crippen LogP contribution in [0.4, 0.5) is 9.93 Å². The second-order valence-corrected chi connectivity index (χ2v) is 7.84. The van der Waals surface area contributed by atoms with Crippen molar-refractivity contribution in [2.24, 2.45) is 5.92 Å². The Morgan fingerprint density at radius 2 is 1.97 bits per heavy atom. The first-order valence-electron chi connectivity index (χ1n) is 8.96. The van der Waals surface area contributed by atoms with Gasteiger partial charge in [-0.25, -0.2) is 19.5 Å². The van der Waals surface area contributed by atoms with E-state index in [1.54, 1.807) is 30.3 Å². The van der Waals surface area contributed by atoms with E-state index in [1.165, 1.54) is 5.38 Å². The summed E-state index contributed by atoms with van der Waals surface area (Å²) in [4.78, 5) is 54.1. The number of urea groups is 1. The van der Waals surface area contributed by atoms with Crippen LogP contribution in [0.15, 0.2) is 35.7 Å². The van der Waals surface area contributed by atoms with Crippen LogP contribution in [0.5, 0.6) is 0 Å². The highest BCUT2D eigenvalue weighted by Crippen LogP contribution is 2.27. The van der Waals surface area contributed by atoms with Gasteiger partial charge in [-0.1, -0.05) is 44.2 Å². The number of imide groups is 1. The van der Waals surface area contributed by atoms with Gasteiger partial charge in [-0.15, -0.1) is 11.3 Å². The van der Waals surface area contributed by atoms with Crippen molar-refractivity contribution in [3.8, 4) is 0 Å². The number of nitrogens with one attached hydrogen (secondary N) is 2. The third kappa shape index (κ3) is 4.43. The predicted octanol–water partition coefficient (Wildman–Crippen LogP) is 2.49. The monoisotopic (exact) mass is 416 g/mol. The molecule has 1 saturated heterocycles. The summed E-state index contributed by atoms with van der Waals surface area (Å²) in [5.41, 5.74) is 0.438. The Morgan fingerprint density at radius 1 is 1.28 bits per heavy atom. The number of carboxylic acid groups (broad SMARTS) is 1. The van der Waals surface area contributed by atoms with Crippen molar-refractivity contribution in [3.05, 3.63) is 47.0 Å². The summed E-state index contributed by atoms with van der Waals surface area (Å²) in [6.07, 6.45) is 0.254. The zero-order chi connectivity index (χ0) is 21.1. The van der Waals surface area contributed by atoms with Gasteiger partial charge in [0.25, 0.3) is 5.91 Å². The van der Waals surface area contributed by atoms with E-state index in [0.717, 1.165) is 16.2 Å². The van der Waals surface area contributed by atoms with Gasteiger partial charge in [0, 0.05) is 5.38 Å². The number of carboxylic acids is 1. The van der Waals surface area contributed by atoms with Crippen LogP contribution in [0, 0.1) is 5.92 Å². The minimum Gasteiger partial charge on any atom is -0.476 e. The van der Waals surface area contributed by atoms with Gasteiger partial charge in [0.2, 0.25) is 5.91 Å². The SMILES string of the molecule is CC(C)CC(C(=O)Nc1nc(C(=O)O)cs1)N1C(=O)N[C@@H](c2ccccc2)C1=O. The molecule has 0 bridgehead atoms. The molecule has 2 aromatic rings. The fraction of sp³-hybridized carbons (Fsp3) is 0.316. The van der Waals surface area contributed by atoms with Crippen LogP contribution in [-0.2, 0) is 9.59 Å². The molecule has 1 fully saturated rings. The van der Waals surface area contributed by atoms with Crippen LogP contribution in [0.25, 0.3) is 0 Å². The molecule has 1 aromatic heterocycles. The lowest BCUT2D eigenvalue weighted by molar-refractivity contribution is -0.134. The average Bonchev–Trinajstić information content (AvgIpc) is 3.25. The minimum absolute atomic E-state index is 0.0213. The van der Waals surface area contributed by atoms with Crippen LogP contribution < -0.4 is 10.6 Å². The van der Waals surface area contributed by atoms with E-state index in [-0.39, 0.29) is 23.2 Å². The van der Waals surface area contributed by atoms with E-state index in [9.17, 15) is 19.2 Å². The second-order valence-electron chi connectivity index (χ2n) is 6.98. The zero-order valence-electron chi connectivity index (χ0n) is 15.8. The summed E-state index contributed by atoms with van der Waals surface area (Å²) in [6.45, 7) is 3.75. The fourth-order valence-corrected chi connectivity index (χ4v) is 3.74. The van der Waals surface area contributed by atoms with Gasteiger partial charge in [-0.05, 0) is 17.9 Å². The first-order valence-corrected chi connectivity index (χ1v) is 9.84. The van der Waals surface area contributed by atoms with Gasteiger partial charge in [0.1, 0.15) is 12.1 Å². The highest BCUT2D eigenvalue weighted by atomic mass is 32.1. The van der Waals surface area contributed by atoms with E-state index >= 15 is 0 Å². The Bertz CT molecular complexity index is 943. The molecule has 1 aliphatic heterocycles. The maximum atomic E-state index is 13.0. The summed E-state index contributed by atoms with van der Waals surface area (Å²) < 4.78 is 0. The summed E-state index contributed by atoms with van der Waals surface area (Å²) in [5, 5.41) is 15.5. The Labute approximate surface area is 170 Å². The van der Waals surface area contributed by atoms with E-state index in [4.69, 9.17) is 5.11 Å². The Kier molecular flexibility index (Phi) is 5.92. The molecule has 1 unspecified atom stereocenters. The molecule has 0 radical (unpaired) electrons. The molecule has 1 aromatic carbocycles. The predicted molar refractivity (Wildman–Crippen MR) is 106 cm³/mol. The lowest BCUT2D eigenvalue weighted by Crippen LogP contribution is -2.48. The molecule has 3 N–H and O–H groups in total. The van der Waals surface area contributed by atoms with E-state index < -0.39 is 35.9 Å². The topological polar surface area (TPSA) is 129 Å². The molecule has 29 heavy (non-hydrogen) atoms. The zero-order valence-corrected chi connectivity index (χ0v) is 16.6. The lowest BCUT2D eigenvalue weighted by atomic mass is 10.0. The Hall–Kier alpha value is -3.27. The van der Waals surface area contributed by atoms with Gasteiger partial charge in [-0.3, -0.25) is 9.59 Å².